The summed E-state index contributed by atoms with van der Waals surface area (Å²) in [6, 6.07) is 1.86. The zero-order valence-corrected chi connectivity index (χ0v) is 9.48. The largest absolute Gasteiger partial charge is 0.309 e. The molecule has 0 aliphatic carbocycles. The predicted octanol–water partition coefficient (Wildman–Crippen LogP) is 2.70. The van der Waals surface area contributed by atoms with Gasteiger partial charge in [0, 0.05) is 18.8 Å². The van der Waals surface area contributed by atoms with E-state index in [-0.39, 0.29) is 36.4 Å². The molecule has 0 bridgehead atoms. The van der Waals surface area contributed by atoms with Crippen LogP contribution in [0.4, 0.5) is 18.9 Å². The van der Waals surface area contributed by atoms with E-state index in [0.717, 1.165) is 17.0 Å². The summed E-state index contributed by atoms with van der Waals surface area (Å²) in [5.74, 6) is -4.32. The Labute approximate surface area is 101 Å². The lowest BCUT2D eigenvalue weighted by Gasteiger charge is -2.17. The van der Waals surface area contributed by atoms with E-state index >= 15 is 0 Å². The van der Waals surface area contributed by atoms with Gasteiger partial charge in [0.15, 0.2) is 17.5 Å². The van der Waals surface area contributed by atoms with E-state index in [2.05, 4.69) is 0 Å². The maximum atomic E-state index is 13.5. The van der Waals surface area contributed by atoms with Crippen molar-refractivity contribution in [3.05, 3.63) is 29.6 Å². The molecule has 1 unspecified atom stereocenters. The summed E-state index contributed by atoms with van der Waals surface area (Å²) >= 11 is 5.62. The fourth-order valence-corrected chi connectivity index (χ4v) is 2.05. The second-order valence-electron chi connectivity index (χ2n) is 3.92. The quantitative estimate of drug-likeness (QED) is 0.593. The number of anilines is 1. The van der Waals surface area contributed by atoms with Crippen molar-refractivity contribution >= 4 is 23.2 Å². The van der Waals surface area contributed by atoms with Gasteiger partial charge in [-0.25, -0.2) is 13.2 Å². The molecule has 1 aliphatic rings. The zero-order chi connectivity index (χ0) is 12.6. The molecule has 2 nitrogen and oxygen atoms in total. The van der Waals surface area contributed by atoms with Crippen molar-refractivity contribution in [3.8, 4) is 0 Å². The number of hydrogen-bond acceptors (Lipinski definition) is 1. The Kier molecular flexibility index (Phi) is 3.28. The number of hydrogen-bond donors (Lipinski definition) is 0. The molecule has 0 spiro atoms. The Morgan fingerprint density at radius 3 is 2.59 bits per heavy atom. The van der Waals surface area contributed by atoms with Crippen LogP contribution in [0.1, 0.15) is 6.42 Å². The number of benzene rings is 1. The molecule has 0 saturated carbocycles. The molecule has 17 heavy (non-hydrogen) atoms. The van der Waals surface area contributed by atoms with E-state index in [4.69, 9.17) is 11.6 Å². The lowest BCUT2D eigenvalue weighted by molar-refractivity contribution is -0.117. The van der Waals surface area contributed by atoms with Gasteiger partial charge in [-0.1, -0.05) is 0 Å². The zero-order valence-electron chi connectivity index (χ0n) is 8.72. The molecule has 1 aliphatic heterocycles. The number of alkyl halides is 1. The highest BCUT2D eigenvalue weighted by atomic mass is 35.5. The highest BCUT2D eigenvalue weighted by Crippen LogP contribution is 2.29. The molecule has 0 aromatic heterocycles. The smallest absolute Gasteiger partial charge is 0.227 e. The van der Waals surface area contributed by atoms with Crippen LogP contribution in [0.25, 0.3) is 0 Å². The van der Waals surface area contributed by atoms with Crippen LogP contribution in [0.3, 0.4) is 0 Å². The summed E-state index contributed by atoms with van der Waals surface area (Å²) in [6.07, 6.45) is 0.196. The first-order valence-corrected chi connectivity index (χ1v) is 5.58. The van der Waals surface area contributed by atoms with Crippen LogP contribution in [-0.4, -0.2) is 18.3 Å². The monoisotopic (exact) mass is 263 g/mol. The normalized spacial score (nSPS) is 20.1. The molecule has 1 fully saturated rings. The van der Waals surface area contributed by atoms with Crippen LogP contribution in [-0.2, 0) is 4.79 Å². The topological polar surface area (TPSA) is 20.3 Å². The van der Waals surface area contributed by atoms with E-state index in [1.165, 1.54) is 0 Å². The molecule has 1 amide bonds. The van der Waals surface area contributed by atoms with Gasteiger partial charge in [0.2, 0.25) is 5.91 Å². The summed E-state index contributed by atoms with van der Waals surface area (Å²) in [5.41, 5.74) is -0.235. The van der Waals surface area contributed by atoms with Gasteiger partial charge in [-0.3, -0.25) is 4.79 Å². The van der Waals surface area contributed by atoms with Crippen LogP contribution in [0, 0.1) is 23.4 Å². The standard InChI is InChI=1S/C11H9ClF3NO/c12-4-6-3-9(17)16(5-6)8-2-1-7(13)10(14)11(8)15/h1-2,6H,3-5H2. The van der Waals surface area contributed by atoms with Crippen LogP contribution < -0.4 is 4.90 Å². The Bertz CT molecular complexity index is 466. The van der Waals surface area contributed by atoms with Crippen molar-refractivity contribution in [2.24, 2.45) is 5.92 Å². The van der Waals surface area contributed by atoms with E-state index in [1.807, 2.05) is 0 Å². The van der Waals surface area contributed by atoms with Crippen molar-refractivity contribution < 1.29 is 18.0 Å². The molecule has 92 valence electrons. The average molecular weight is 264 g/mol. The summed E-state index contributed by atoms with van der Waals surface area (Å²) in [6.45, 7) is 0.227. The average Bonchev–Trinajstić information content (AvgIpc) is 2.68. The van der Waals surface area contributed by atoms with Crippen LogP contribution in [0.2, 0.25) is 0 Å². The van der Waals surface area contributed by atoms with Gasteiger partial charge in [-0.05, 0) is 18.1 Å². The minimum Gasteiger partial charge on any atom is -0.309 e. The third-order valence-electron chi connectivity index (χ3n) is 2.73. The number of amides is 1. The Hall–Kier alpha value is -1.23. The first kappa shape index (κ1) is 12.2. The van der Waals surface area contributed by atoms with Crippen molar-refractivity contribution in [1.82, 2.24) is 0 Å². The summed E-state index contributed by atoms with van der Waals surface area (Å²) in [4.78, 5) is 12.7. The first-order valence-electron chi connectivity index (χ1n) is 5.04. The number of nitrogens with zero attached hydrogens (tertiary/aromatic N) is 1. The predicted molar refractivity (Wildman–Crippen MR) is 57.5 cm³/mol. The Morgan fingerprint density at radius 1 is 1.29 bits per heavy atom. The molecule has 1 saturated heterocycles. The molecular formula is C11H9ClF3NO. The van der Waals surface area contributed by atoms with Crippen molar-refractivity contribution in [1.29, 1.82) is 0 Å². The minimum absolute atomic E-state index is 0.0864. The molecule has 2 rings (SSSR count). The Morgan fingerprint density at radius 2 is 2.00 bits per heavy atom. The van der Waals surface area contributed by atoms with Gasteiger partial charge in [0.05, 0.1) is 5.69 Å². The molecule has 1 atom stereocenters. The molecule has 0 N–H and O–H groups in total. The number of rotatable bonds is 2. The molecule has 1 heterocycles. The van der Waals surface area contributed by atoms with Gasteiger partial charge in [-0.2, -0.15) is 0 Å². The first-order chi connectivity index (χ1) is 8.04. The van der Waals surface area contributed by atoms with Crippen LogP contribution in [0.15, 0.2) is 12.1 Å². The SMILES string of the molecule is O=C1CC(CCl)CN1c1ccc(F)c(F)c1F. The lowest BCUT2D eigenvalue weighted by atomic mass is 10.1. The van der Waals surface area contributed by atoms with E-state index in [1.54, 1.807) is 0 Å². The molecular weight excluding hydrogens is 255 g/mol. The van der Waals surface area contributed by atoms with Crippen molar-refractivity contribution in [2.45, 2.75) is 6.42 Å². The molecule has 1 aromatic carbocycles. The highest BCUT2D eigenvalue weighted by Gasteiger charge is 2.32. The summed E-state index contributed by atoms with van der Waals surface area (Å²) in [7, 11) is 0. The number of halogens is 4. The third-order valence-corrected chi connectivity index (χ3v) is 3.17. The minimum atomic E-state index is -1.57. The van der Waals surface area contributed by atoms with E-state index in [0.29, 0.717) is 0 Å². The molecule has 0 radical (unpaired) electrons. The van der Waals surface area contributed by atoms with Gasteiger partial charge in [-0.15, -0.1) is 11.6 Å². The molecule has 1 aromatic rings. The summed E-state index contributed by atoms with van der Waals surface area (Å²) in [5, 5.41) is 0. The van der Waals surface area contributed by atoms with Crippen molar-refractivity contribution in [2.75, 3.05) is 17.3 Å². The van der Waals surface area contributed by atoms with Gasteiger partial charge < -0.3 is 4.90 Å². The Balaban J connectivity index is 2.35. The second-order valence-corrected chi connectivity index (χ2v) is 4.23. The maximum absolute atomic E-state index is 13.5. The summed E-state index contributed by atoms with van der Waals surface area (Å²) < 4.78 is 39.3. The molecule has 6 heteroatoms. The third kappa shape index (κ3) is 2.11. The number of carbonyl (C=O) groups is 1. The highest BCUT2D eigenvalue weighted by molar-refractivity contribution is 6.18. The van der Waals surface area contributed by atoms with E-state index < -0.39 is 17.5 Å². The second kappa shape index (κ2) is 4.56. The lowest BCUT2D eigenvalue weighted by Crippen LogP contribution is -2.26. The fourth-order valence-electron chi connectivity index (χ4n) is 1.84. The van der Waals surface area contributed by atoms with Gasteiger partial charge in [0.25, 0.3) is 0 Å². The van der Waals surface area contributed by atoms with E-state index in [9.17, 15) is 18.0 Å². The van der Waals surface area contributed by atoms with Crippen LogP contribution >= 0.6 is 11.6 Å². The number of carbonyl (C=O) groups excluding carboxylic acids is 1. The van der Waals surface area contributed by atoms with Crippen molar-refractivity contribution in [3.63, 3.8) is 0 Å². The van der Waals surface area contributed by atoms with Gasteiger partial charge in [0.1, 0.15) is 0 Å². The van der Waals surface area contributed by atoms with Crippen LogP contribution in [0.5, 0.6) is 0 Å². The maximum Gasteiger partial charge on any atom is 0.227 e. The van der Waals surface area contributed by atoms with Gasteiger partial charge >= 0.3 is 0 Å². The fraction of sp³-hybridized carbons (Fsp3) is 0.364.